The van der Waals surface area contributed by atoms with Crippen molar-refractivity contribution in [2.24, 2.45) is 0 Å². The summed E-state index contributed by atoms with van der Waals surface area (Å²) in [6.07, 6.45) is 0.0884. The van der Waals surface area contributed by atoms with Gasteiger partial charge in [0.1, 0.15) is 5.69 Å². The largest absolute Gasteiger partial charge is 0.452 e. The van der Waals surface area contributed by atoms with Gasteiger partial charge in [-0.2, -0.15) is 13.2 Å². The molecular formula is C17H21F3N2O3S. The lowest BCUT2D eigenvalue weighted by molar-refractivity contribution is -0.156. The molecule has 0 bridgehead atoms. The van der Waals surface area contributed by atoms with Gasteiger partial charge in [0.25, 0.3) is 0 Å². The number of carbonyl (C=O) groups is 1. The van der Waals surface area contributed by atoms with Crippen LogP contribution in [0.25, 0.3) is 4.91 Å². The fourth-order valence-corrected chi connectivity index (χ4v) is 3.02. The number of ether oxygens (including phenoxy) is 1. The minimum absolute atomic E-state index is 0.00179. The molecule has 0 unspecified atom stereocenters. The summed E-state index contributed by atoms with van der Waals surface area (Å²) in [7, 11) is 1.66. The molecule has 0 atom stereocenters. The maximum absolute atomic E-state index is 12.8. The van der Waals surface area contributed by atoms with Gasteiger partial charge in [0, 0.05) is 36.2 Å². The van der Waals surface area contributed by atoms with Gasteiger partial charge in [0.2, 0.25) is 11.7 Å². The Hall–Kier alpha value is -1.74. The zero-order valence-electron chi connectivity index (χ0n) is 14.8. The second-order valence-electron chi connectivity index (χ2n) is 6.11. The number of allylic oxidation sites excluding steroid dienone is 2. The third kappa shape index (κ3) is 4.70. The summed E-state index contributed by atoms with van der Waals surface area (Å²) in [4.78, 5) is 14.3. The SMILES string of the molecule is COC1CCN(C(=O)/C(C)=C/C=C(\S)c2noc(C(F)(F)F)c2C)CC1. The standard InChI is InChI=1S/C17H21F3N2O3S/c1-10(16(23)22-8-6-12(24-3)7-9-22)4-5-13(26)14-11(2)15(25-21-14)17(18,19)20/h4-5,12,26H,6-9H2,1-3H3/b10-4+,13-5-. The van der Waals surface area contributed by atoms with Crippen LogP contribution in [0.5, 0.6) is 0 Å². The number of nitrogens with zero attached hydrogens (tertiary/aromatic N) is 2. The predicted octanol–water partition coefficient (Wildman–Crippen LogP) is 3.86. The molecule has 1 aliphatic heterocycles. The van der Waals surface area contributed by atoms with Gasteiger partial charge in [0.05, 0.1) is 6.10 Å². The van der Waals surface area contributed by atoms with Gasteiger partial charge in [-0.3, -0.25) is 4.79 Å². The van der Waals surface area contributed by atoms with Crippen molar-refractivity contribution in [2.45, 2.75) is 39.0 Å². The lowest BCUT2D eigenvalue weighted by Gasteiger charge is -2.31. The highest BCUT2D eigenvalue weighted by molar-refractivity contribution is 7.90. The molecule has 0 spiro atoms. The van der Waals surface area contributed by atoms with Crippen LogP contribution in [0.15, 0.2) is 22.2 Å². The van der Waals surface area contributed by atoms with Crippen LogP contribution in [-0.4, -0.2) is 42.3 Å². The molecule has 2 heterocycles. The molecule has 0 aromatic carbocycles. The van der Waals surface area contributed by atoms with E-state index in [2.05, 4.69) is 22.3 Å². The van der Waals surface area contributed by atoms with Crippen molar-refractivity contribution >= 4 is 23.4 Å². The van der Waals surface area contributed by atoms with E-state index in [1.54, 1.807) is 18.9 Å². The lowest BCUT2D eigenvalue weighted by atomic mass is 10.1. The number of piperidine rings is 1. The highest BCUT2D eigenvalue weighted by Gasteiger charge is 2.39. The summed E-state index contributed by atoms with van der Waals surface area (Å²) < 4.78 is 47.9. The van der Waals surface area contributed by atoms with Crippen LogP contribution in [0.1, 0.15) is 36.8 Å². The molecule has 0 radical (unpaired) electrons. The average molecular weight is 390 g/mol. The van der Waals surface area contributed by atoms with E-state index in [0.29, 0.717) is 18.7 Å². The number of methoxy groups -OCH3 is 1. The number of aromatic nitrogens is 1. The third-order valence-electron chi connectivity index (χ3n) is 4.32. The molecule has 9 heteroatoms. The Kier molecular flexibility index (Phi) is 6.57. The number of likely N-dealkylation sites (tertiary alicyclic amines) is 1. The van der Waals surface area contributed by atoms with E-state index >= 15 is 0 Å². The summed E-state index contributed by atoms with van der Waals surface area (Å²) in [6, 6.07) is 0. The van der Waals surface area contributed by atoms with Crippen molar-refractivity contribution < 1.29 is 27.2 Å². The van der Waals surface area contributed by atoms with Crippen molar-refractivity contribution in [2.75, 3.05) is 20.2 Å². The van der Waals surface area contributed by atoms with E-state index in [9.17, 15) is 18.0 Å². The van der Waals surface area contributed by atoms with Gasteiger partial charge >= 0.3 is 6.18 Å². The Morgan fingerprint density at radius 1 is 1.35 bits per heavy atom. The highest BCUT2D eigenvalue weighted by atomic mass is 32.1. The Balaban J connectivity index is 2.09. The average Bonchev–Trinajstić information content (AvgIpc) is 3.00. The summed E-state index contributed by atoms with van der Waals surface area (Å²) in [5, 5.41) is 3.43. The van der Waals surface area contributed by atoms with Crippen LogP contribution in [0.4, 0.5) is 13.2 Å². The Labute approximate surface area is 155 Å². The fraction of sp³-hybridized carbons (Fsp3) is 0.529. The van der Waals surface area contributed by atoms with Crippen molar-refractivity contribution in [1.82, 2.24) is 10.1 Å². The second-order valence-corrected chi connectivity index (χ2v) is 6.59. The molecule has 1 saturated heterocycles. The minimum atomic E-state index is -4.61. The predicted molar refractivity (Wildman–Crippen MR) is 93.6 cm³/mol. The molecule has 2 rings (SSSR count). The van der Waals surface area contributed by atoms with Gasteiger partial charge in [-0.15, -0.1) is 12.6 Å². The van der Waals surface area contributed by atoms with Crippen molar-refractivity contribution in [1.29, 1.82) is 0 Å². The first-order chi connectivity index (χ1) is 12.1. The third-order valence-corrected chi connectivity index (χ3v) is 4.68. The van der Waals surface area contributed by atoms with Crippen LogP contribution in [0.2, 0.25) is 0 Å². The van der Waals surface area contributed by atoms with E-state index in [0.717, 1.165) is 12.8 Å². The lowest BCUT2D eigenvalue weighted by Crippen LogP contribution is -2.40. The molecular weight excluding hydrogens is 369 g/mol. The number of hydrogen-bond donors (Lipinski definition) is 1. The number of halogens is 3. The van der Waals surface area contributed by atoms with E-state index in [-0.39, 0.29) is 28.2 Å². The number of alkyl halides is 3. The minimum Gasteiger partial charge on any atom is -0.381 e. The van der Waals surface area contributed by atoms with Crippen LogP contribution < -0.4 is 0 Å². The first kappa shape index (κ1) is 20.6. The normalized spacial score (nSPS) is 17.7. The Morgan fingerprint density at radius 3 is 2.46 bits per heavy atom. The number of carbonyl (C=O) groups excluding carboxylic acids is 1. The molecule has 26 heavy (non-hydrogen) atoms. The van der Waals surface area contributed by atoms with E-state index in [1.165, 1.54) is 19.1 Å². The first-order valence-electron chi connectivity index (χ1n) is 8.08. The Bertz CT molecular complexity index is 717. The number of hydrogen-bond acceptors (Lipinski definition) is 5. The van der Waals surface area contributed by atoms with E-state index < -0.39 is 11.9 Å². The maximum atomic E-state index is 12.8. The van der Waals surface area contributed by atoms with Crippen LogP contribution in [0, 0.1) is 6.92 Å². The molecule has 0 aliphatic carbocycles. The molecule has 0 N–H and O–H groups in total. The molecule has 144 valence electrons. The zero-order valence-corrected chi connectivity index (χ0v) is 15.7. The quantitative estimate of drug-likeness (QED) is 0.482. The molecule has 1 amide bonds. The molecule has 1 aliphatic rings. The van der Waals surface area contributed by atoms with Gasteiger partial charge < -0.3 is 14.2 Å². The molecule has 1 aromatic heterocycles. The van der Waals surface area contributed by atoms with Crippen LogP contribution >= 0.6 is 12.6 Å². The first-order valence-corrected chi connectivity index (χ1v) is 8.53. The Morgan fingerprint density at radius 2 is 1.96 bits per heavy atom. The van der Waals surface area contributed by atoms with Gasteiger partial charge in [-0.1, -0.05) is 11.2 Å². The van der Waals surface area contributed by atoms with Crippen LogP contribution in [-0.2, 0) is 15.7 Å². The van der Waals surface area contributed by atoms with Gasteiger partial charge in [-0.25, -0.2) is 0 Å². The zero-order chi connectivity index (χ0) is 19.5. The van der Waals surface area contributed by atoms with Crippen molar-refractivity contribution in [3.8, 4) is 0 Å². The summed E-state index contributed by atoms with van der Waals surface area (Å²) in [5.41, 5.74) is 0.320. The summed E-state index contributed by atoms with van der Waals surface area (Å²) in [5.74, 6) is -1.27. The monoisotopic (exact) mass is 390 g/mol. The number of amides is 1. The fourth-order valence-electron chi connectivity index (χ4n) is 2.74. The maximum Gasteiger partial charge on any atom is 0.452 e. The van der Waals surface area contributed by atoms with Crippen LogP contribution in [0.3, 0.4) is 0 Å². The summed E-state index contributed by atoms with van der Waals surface area (Å²) >= 11 is 4.18. The van der Waals surface area contributed by atoms with E-state index in [1.807, 2.05) is 0 Å². The molecule has 1 fully saturated rings. The molecule has 5 nitrogen and oxygen atoms in total. The number of thiol groups is 1. The van der Waals surface area contributed by atoms with Gasteiger partial charge in [0.15, 0.2) is 0 Å². The smallest absolute Gasteiger partial charge is 0.381 e. The number of rotatable bonds is 4. The topological polar surface area (TPSA) is 55.6 Å². The highest BCUT2D eigenvalue weighted by Crippen LogP contribution is 2.35. The van der Waals surface area contributed by atoms with Gasteiger partial charge in [-0.05, 0) is 32.8 Å². The van der Waals surface area contributed by atoms with Crippen molar-refractivity contribution in [3.05, 3.63) is 34.7 Å². The summed E-state index contributed by atoms with van der Waals surface area (Å²) in [6.45, 7) is 4.13. The van der Waals surface area contributed by atoms with E-state index in [4.69, 9.17) is 4.74 Å². The second kappa shape index (κ2) is 8.30. The molecule has 0 saturated carbocycles. The van der Waals surface area contributed by atoms with Crippen molar-refractivity contribution in [3.63, 3.8) is 0 Å². The molecule has 1 aromatic rings.